The van der Waals surface area contributed by atoms with Gasteiger partial charge in [-0.25, -0.2) is 0 Å². The first-order chi connectivity index (χ1) is 12.3. The van der Waals surface area contributed by atoms with Crippen molar-refractivity contribution in [1.82, 2.24) is 5.32 Å². The van der Waals surface area contributed by atoms with E-state index in [1.165, 1.54) is 11.8 Å². The molecule has 0 aliphatic rings. The molecular formula is C21H27NO4. The summed E-state index contributed by atoms with van der Waals surface area (Å²) in [5, 5.41) is 12.1. The Balaban J connectivity index is 2.23. The van der Waals surface area contributed by atoms with Gasteiger partial charge in [-0.3, -0.25) is 9.59 Å². The number of hydrogen-bond acceptors (Lipinski definition) is 3. The largest absolute Gasteiger partial charge is 0.481 e. The number of aliphatic carboxylic acids is 1. The highest BCUT2D eigenvalue weighted by Crippen LogP contribution is 2.25. The van der Waals surface area contributed by atoms with E-state index in [2.05, 4.69) is 36.5 Å². The average molecular weight is 357 g/mol. The molecule has 2 rings (SSSR count). The van der Waals surface area contributed by atoms with Gasteiger partial charge in [0, 0.05) is 5.56 Å². The molecule has 1 aromatic heterocycles. The van der Waals surface area contributed by atoms with E-state index in [-0.39, 0.29) is 30.0 Å². The molecule has 0 saturated heterocycles. The summed E-state index contributed by atoms with van der Waals surface area (Å²) < 4.78 is 5.28. The predicted octanol–water partition coefficient (Wildman–Crippen LogP) is 4.29. The third-order valence-corrected chi connectivity index (χ3v) is 4.42. The lowest BCUT2D eigenvalue weighted by Crippen LogP contribution is -2.32. The summed E-state index contributed by atoms with van der Waals surface area (Å²) in [7, 11) is 0. The Morgan fingerprint density at radius 2 is 1.85 bits per heavy atom. The molecule has 5 heteroatoms. The zero-order valence-corrected chi connectivity index (χ0v) is 15.8. The molecule has 2 aromatic rings. The molecule has 0 aliphatic heterocycles. The van der Waals surface area contributed by atoms with Crippen molar-refractivity contribution in [1.29, 1.82) is 0 Å². The first kappa shape index (κ1) is 19.8. The zero-order valence-electron chi connectivity index (χ0n) is 15.8. The highest BCUT2D eigenvalue weighted by molar-refractivity contribution is 5.97. The highest BCUT2D eigenvalue weighted by atomic mass is 16.4. The van der Waals surface area contributed by atoms with Crippen LogP contribution in [0.3, 0.4) is 0 Å². The van der Waals surface area contributed by atoms with Gasteiger partial charge in [0.25, 0.3) is 5.91 Å². The number of nitrogens with one attached hydrogen (secondary N) is 1. The molecule has 0 bridgehead atoms. The van der Waals surface area contributed by atoms with Crippen LogP contribution >= 0.6 is 0 Å². The number of carbonyl (C=O) groups is 2. The Bertz CT molecular complexity index is 759. The maximum absolute atomic E-state index is 12.8. The molecule has 140 valence electrons. The molecule has 0 spiro atoms. The summed E-state index contributed by atoms with van der Waals surface area (Å²) in [6.45, 7) is 7.98. The van der Waals surface area contributed by atoms with Crippen LogP contribution in [0.1, 0.15) is 66.0 Å². The second-order valence-electron chi connectivity index (χ2n) is 6.97. The van der Waals surface area contributed by atoms with Crippen LogP contribution in [0.15, 0.2) is 34.9 Å². The molecular weight excluding hydrogens is 330 g/mol. The molecule has 2 N–H and O–H groups in total. The van der Waals surface area contributed by atoms with Crippen molar-refractivity contribution in [3.63, 3.8) is 0 Å². The summed E-state index contributed by atoms with van der Waals surface area (Å²) >= 11 is 0. The molecule has 0 fully saturated rings. The van der Waals surface area contributed by atoms with Gasteiger partial charge in [0.2, 0.25) is 0 Å². The number of carboxylic acids is 1. The smallest absolute Gasteiger partial charge is 0.311 e. The summed E-state index contributed by atoms with van der Waals surface area (Å²) in [6.07, 6.45) is 3.24. The van der Waals surface area contributed by atoms with Crippen LogP contribution in [0.4, 0.5) is 0 Å². The molecule has 0 saturated carbocycles. The molecule has 1 unspecified atom stereocenters. The molecule has 1 atom stereocenters. The predicted molar refractivity (Wildman–Crippen MR) is 100 cm³/mol. The summed E-state index contributed by atoms with van der Waals surface area (Å²) in [5.74, 6) is -0.955. The molecule has 0 radical (unpaired) electrons. The number of aryl methyl sites for hydroxylation is 2. The van der Waals surface area contributed by atoms with E-state index in [4.69, 9.17) is 9.52 Å². The van der Waals surface area contributed by atoms with Crippen molar-refractivity contribution < 1.29 is 19.1 Å². The van der Waals surface area contributed by atoms with Crippen molar-refractivity contribution in [3.8, 4) is 0 Å². The van der Waals surface area contributed by atoms with Gasteiger partial charge >= 0.3 is 5.97 Å². The van der Waals surface area contributed by atoms with Crippen molar-refractivity contribution in [3.05, 3.63) is 58.5 Å². The van der Waals surface area contributed by atoms with Gasteiger partial charge in [0.15, 0.2) is 0 Å². The van der Waals surface area contributed by atoms with Gasteiger partial charge in [-0.2, -0.15) is 0 Å². The summed E-state index contributed by atoms with van der Waals surface area (Å²) in [4.78, 5) is 23.8. The number of carbonyl (C=O) groups excluding carboxylic acids is 1. The average Bonchev–Trinajstić information content (AvgIpc) is 2.93. The zero-order chi connectivity index (χ0) is 19.3. The standard InChI is InChI=1S/C21H27NO4/c1-5-6-15-7-9-16(10-8-15)20(13(2)3)22-21(25)19-14(4)12-26-17(19)11-18(23)24/h7-10,12-13,20H,5-6,11H2,1-4H3,(H,22,25)(H,23,24). The van der Waals surface area contributed by atoms with E-state index in [0.29, 0.717) is 11.1 Å². The van der Waals surface area contributed by atoms with E-state index < -0.39 is 5.97 Å². The fourth-order valence-corrected chi connectivity index (χ4v) is 3.10. The number of furan rings is 1. The van der Waals surface area contributed by atoms with Gasteiger partial charge in [-0.1, -0.05) is 51.5 Å². The fourth-order valence-electron chi connectivity index (χ4n) is 3.10. The minimum absolute atomic E-state index is 0.162. The van der Waals surface area contributed by atoms with Gasteiger partial charge < -0.3 is 14.8 Å². The van der Waals surface area contributed by atoms with Crippen molar-refractivity contribution in [2.75, 3.05) is 0 Å². The second-order valence-corrected chi connectivity index (χ2v) is 6.97. The summed E-state index contributed by atoms with van der Waals surface area (Å²) in [6, 6.07) is 8.14. The van der Waals surface area contributed by atoms with Crippen molar-refractivity contribution >= 4 is 11.9 Å². The van der Waals surface area contributed by atoms with Crippen LogP contribution < -0.4 is 5.32 Å². The summed E-state index contributed by atoms with van der Waals surface area (Å²) in [5.41, 5.74) is 3.27. The van der Waals surface area contributed by atoms with Gasteiger partial charge in [-0.05, 0) is 30.4 Å². The monoisotopic (exact) mass is 357 g/mol. The van der Waals surface area contributed by atoms with E-state index >= 15 is 0 Å². The Morgan fingerprint density at radius 1 is 1.19 bits per heavy atom. The molecule has 1 aromatic carbocycles. The molecule has 1 heterocycles. The third kappa shape index (κ3) is 4.75. The van der Waals surface area contributed by atoms with Crippen LogP contribution in [0.2, 0.25) is 0 Å². The van der Waals surface area contributed by atoms with Gasteiger partial charge in [0.1, 0.15) is 12.2 Å². The Morgan fingerprint density at radius 3 is 2.38 bits per heavy atom. The lowest BCUT2D eigenvalue weighted by molar-refractivity contribution is -0.136. The van der Waals surface area contributed by atoms with Crippen molar-refractivity contribution in [2.45, 2.75) is 53.0 Å². The normalized spacial score (nSPS) is 12.2. The first-order valence-corrected chi connectivity index (χ1v) is 9.01. The van der Waals surface area contributed by atoms with Crippen LogP contribution in [-0.4, -0.2) is 17.0 Å². The number of amides is 1. The molecule has 0 aliphatic carbocycles. The van der Waals surface area contributed by atoms with E-state index in [9.17, 15) is 9.59 Å². The van der Waals surface area contributed by atoms with Crippen LogP contribution in [0.25, 0.3) is 0 Å². The minimum Gasteiger partial charge on any atom is -0.481 e. The number of hydrogen-bond donors (Lipinski definition) is 2. The lowest BCUT2D eigenvalue weighted by Gasteiger charge is -2.23. The minimum atomic E-state index is -1.03. The van der Waals surface area contributed by atoms with Gasteiger partial charge in [0.05, 0.1) is 17.9 Å². The first-order valence-electron chi connectivity index (χ1n) is 9.01. The fraction of sp³-hybridized carbons (Fsp3) is 0.429. The molecule has 26 heavy (non-hydrogen) atoms. The van der Waals surface area contributed by atoms with Crippen LogP contribution in [-0.2, 0) is 17.6 Å². The maximum Gasteiger partial charge on any atom is 0.311 e. The molecule has 5 nitrogen and oxygen atoms in total. The molecule has 1 amide bonds. The van der Waals surface area contributed by atoms with Gasteiger partial charge in [-0.15, -0.1) is 0 Å². The van der Waals surface area contributed by atoms with E-state index in [0.717, 1.165) is 18.4 Å². The Hall–Kier alpha value is -2.56. The quantitative estimate of drug-likeness (QED) is 0.738. The van der Waals surface area contributed by atoms with E-state index in [1.54, 1.807) is 6.92 Å². The topological polar surface area (TPSA) is 79.5 Å². The highest BCUT2D eigenvalue weighted by Gasteiger charge is 2.25. The van der Waals surface area contributed by atoms with E-state index in [1.807, 2.05) is 13.8 Å². The maximum atomic E-state index is 12.8. The number of rotatable bonds is 8. The number of benzene rings is 1. The third-order valence-electron chi connectivity index (χ3n) is 4.42. The lowest BCUT2D eigenvalue weighted by atomic mass is 9.94. The van der Waals surface area contributed by atoms with Crippen molar-refractivity contribution in [2.24, 2.45) is 5.92 Å². The van der Waals surface area contributed by atoms with Crippen LogP contribution in [0, 0.1) is 12.8 Å². The Labute approximate surface area is 154 Å². The SMILES string of the molecule is CCCc1ccc(C(NC(=O)c2c(C)coc2CC(=O)O)C(C)C)cc1. The Kier molecular flexibility index (Phi) is 6.61. The van der Waals surface area contributed by atoms with Crippen LogP contribution in [0.5, 0.6) is 0 Å². The number of carboxylic acid groups (broad SMARTS) is 1. The second kappa shape index (κ2) is 8.70.